The van der Waals surface area contributed by atoms with Crippen molar-refractivity contribution < 1.29 is 12.8 Å². The van der Waals surface area contributed by atoms with Crippen LogP contribution in [0.3, 0.4) is 0 Å². The Kier molecular flexibility index (Phi) is 3.90. The first-order chi connectivity index (χ1) is 11.9. The van der Waals surface area contributed by atoms with Crippen LogP contribution in [0.1, 0.15) is 30.8 Å². The lowest BCUT2D eigenvalue weighted by atomic mass is 10.3. The fraction of sp³-hybridized carbons (Fsp3) is 0.353. The van der Waals surface area contributed by atoms with E-state index >= 15 is 0 Å². The molecule has 0 N–H and O–H groups in total. The molecule has 3 heterocycles. The summed E-state index contributed by atoms with van der Waals surface area (Å²) in [5.41, 5.74) is 0.488. The quantitative estimate of drug-likeness (QED) is 0.680. The van der Waals surface area contributed by atoms with Gasteiger partial charge in [-0.2, -0.15) is 4.31 Å². The molecule has 4 rings (SSSR count). The smallest absolute Gasteiger partial charge is 0.262 e. The van der Waals surface area contributed by atoms with Gasteiger partial charge in [0.05, 0.1) is 6.54 Å². The summed E-state index contributed by atoms with van der Waals surface area (Å²) >= 11 is 6.11. The third kappa shape index (κ3) is 2.86. The lowest BCUT2D eigenvalue weighted by Crippen LogP contribution is -2.27. The second-order valence-electron chi connectivity index (χ2n) is 6.52. The minimum atomic E-state index is -3.82. The lowest BCUT2D eigenvalue weighted by Gasteiger charge is -2.15. The average Bonchev–Trinajstić information content (AvgIpc) is 2.97. The lowest BCUT2D eigenvalue weighted by molar-refractivity contribution is 0.388. The minimum Gasteiger partial charge on any atom is -0.464 e. The zero-order valence-electron chi connectivity index (χ0n) is 13.9. The number of hydrogen-bond acceptors (Lipinski definition) is 4. The summed E-state index contributed by atoms with van der Waals surface area (Å²) in [6, 6.07) is 9.00. The molecule has 0 radical (unpaired) electrons. The minimum absolute atomic E-state index is 0.0325. The summed E-state index contributed by atoms with van der Waals surface area (Å²) in [4.78, 5) is 4.11. The number of rotatable bonds is 5. The Balaban J connectivity index is 1.63. The van der Waals surface area contributed by atoms with Gasteiger partial charge in [-0.15, -0.1) is 0 Å². The molecule has 1 aliphatic rings. The molecule has 0 amide bonds. The van der Waals surface area contributed by atoms with E-state index in [4.69, 9.17) is 16.0 Å². The van der Waals surface area contributed by atoms with E-state index in [1.165, 1.54) is 15.8 Å². The van der Waals surface area contributed by atoms with Gasteiger partial charge in [0.15, 0.2) is 10.2 Å². The Hall–Kier alpha value is -1.83. The maximum absolute atomic E-state index is 13.0. The number of imidazole rings is 1. The van der Waals surface area contributed by atoms with Gasteiger partial charge < -0.3 is 4.42 Å². The zero-order valence-corrected chi connectivity index (χ0v) is 15.5. The SMILES string of the molecule is C[C@H]1C[C@@H]1c1ccc(CN(C)S(=O)(=O)c2c(Cl)nc3ccccn23)o1. The molecule has 132 valence electrons. The molecule has 2 atom stereocenters. The highest BCUT2D eigenvalue weighted by Crippen LogP contribution is 2.47. The third-order valence-electron chi connectivity index (χ3n) is 4.64. The monoisotopic (exact) mass is 379 g/mol. The largest absolute Gasteiger partial charge is 0.464 e. The third-order valence-corrected chi connectivity index (χ3v) is 6.84. The van der Waals surface area contributed by atoms with Crippen LogP contribution in [-0.2, 0) is 16.6 Å². The molecule has 8 heteroatoms. The maximum atomic E-state index is 13.0. The van der Waals surface area contributed by atoms with Crippen LogP contribution >= 0.6 is 11.6 Å². The number of sulfonamides is 1. The van der Waals surface area contributed by atoms with Gasteiger partial charge in [0.25, 0.3) is 10.0 Å². The normalized spacial score (nSPS) is 20.5. The van der Waals surface area contributed by atoms with E-state index < -0.39 is 10.0 Å². The number of halogens is 1. The Morgan fingerprint density at radius 3 is 2.84 bits per heavy atom. The Bertz CT molecular complexity index is 1040. The van der Waals surface area contributed by atoms with Gasteiger partial charge in [-0.1, -0.05) is 24.6 Å². The molecule has 1 fully saturated rings. The van der Waals surface area contributed by atoms with Crippen LogP contribution in [0.4, 0.5) is 0 Å². The number of nitrogens with zero attached hydrogens (tertiary/aromatic N) is 3. The molecular formula is C17H18ClN3O3S. The van der Waals surface area contributed by atoms with E-state index in [1.807, 2.05) is 12.1 Å². The van der Waals surface area contributed by atoms with Crippen molar-refractivity contribution in [2.75, 3.05) is 7.05 Å². The van der Waals surface area contributed by atoms with Gasteiger partial charge in [-0.25, -0.2) is 13.4 Å². The van der Waals surface area contributed by atoms with Crippen molar-refractivity contribution in [1.82, 2.24) is 13.7 Å². The number of furan rings is 1. The summed E-state index contributed by atoms with van der Waals surface area (Å²) in [5, 5.41) is -0.0696. The summed E-state index contributed by atoms with van der Waals surface area (Å²) in [7, 11) is -2.31. The van der Waals surface area contributed by atoms with E-state index in [2.05, 4.69) is 11.9 Å². The van der Waals surface area contributed by atoms with Crippen LogP contribution in [-0.4, -0.2) is 29.2 Å². The topological polar surface area (TPSA) is 67.8 Å². The van der Waals surface area contributed by atoms with E-state index in [1.54, 1.807) is 24.4 Å². The van der Waals surface area contributed by atoms with Gasteiger partial charge in [0.2, 0.25) is 0 Å². The molecular weight excluding hydrogens is 362 g/mol. The highest BCUT2D eigenvalue weighted by molar-refractivity contribution is 7.89. The Morgan fingerprint density at radius 1 is 1.36 bits per heavy atom. The molecule has 0 saturated heterocycles. The van der Waals surface area contributed by atoms with Gasteiger partial charge in [-0.05, 0) is 36.6 Å². The highest BCUT2D eigenvalue weighted by atomic mass is 35.5. The van der Waals surface area contributed by atoms with Crippen molar-refractivity contribution in [3.8, 4) is 0 Å². The highest BCUT2D eigenvalue weighted by Gasteiger charge is 2.37. The molecule has 3 aromatic heterocycles. The molecule has 1 saturated carbocycles. The van der Waals surface area contributed by atoms with Crippen LogP contribution in [0.25, 0.3) is 5.65 Å². The van der Waals surface area contributed by atoms with Crippen molar-refractivity contribution in [2.45, 2.75) is 30.8 Å². The predicted molar refractivity (Wildman–Crippen MR) is 94.1 cm³/mol. The summed E-state index contributed by atoms with van der Waals surface area (Å²) in [5.74, 6) is 2.65. The van der Waals surface area contributed by atoms with Crippen LogP contribution < -0.4 is 0 Å². The van der Waals surface area contributed by atoms with E-state index in [0.29, 0.717) is 23.2 Å². The molecule has 0 unspecified atom stereocenters. The van der Waals surface area contributed by atoms with Crippen molar-refractivity contribution in [1.29, 1.82) is 0 Å². The molecule has 0 bridgehead atoms. The van der Waals surface area contributed by atoms with Crippen LogP contribution in [0, 0.1) is 5.92 Å². The van der Waals surface area contributed by atoms with E-state index in [-0.39, 0.29) is 16.7 Å². The van der Waals surface area contributed by atoms with Gasteiger partial charge in [-0.3, -0.25) is 4.40 Å². The van der Waals surface area contributed by atoms with Gasteiger partial charge >= 0.3 is 0 Å². The molecule has 1 aliphatic carbocycles. The predicted octanol–water partition coefficient (Wildman–Crippen LogP) is 3.52. The second kappa shape index (κ2) is 5.86. The number of aromatic nitrogens is 2. The molecule has 25 heavy (non-hydrogen) atoms. The van der Waals surface area contributed by atoms with Crippen molar-refractivity contribution in [2.24, 2.45) is 5.92 Å². The summed E-state index contributed by atoms with van der Waals surface area (Å²) in [6.45, 7) is 2.32. The molecule has 6 nitrogen and oxygen atoms in total. The van der Waals surface area contributed by atoms with Crippen LogP contribution in [0.15, 0.2) is 46.0 Å². The van der Waals surface area contributed by atoms with Gasteiger partial charge in [0, 0.05) is 19.2 Å². The molecule has 0 aliphatic heterocycles. The first-order valence-electron chi connectivity index (χ1n) is 8.05. The Morgan fingerprint density at radius 2 is 2.12 bits per heavy atom. The van der Waals surface area contributed by atoms with E-state index in [9.17, 15) is 8.42 Å². The van der Waals surface area contributed by atoms with Gasteiger partial charge in [0.1, 0.15) is 17.2 Å². The summed E-state index contributed by atoms with van der Waals surface area (Å²) in [6.07, 6.45) is 2.76. The van der Waals surface area contributed by atoms with Crippen LogP contribution in [0.2, 0.25) is 5.15 Å². The second-order valence-corrected chi connectivity index (χ2v) is 8.84. The van der Waals surface area contributed by atoms with E-state index in [0.717, 1.165) is 12.2 Å². The Labute approximate surface area is 151 Å². The van der Waals surface area contributed by atoms with Crippen molar-refractivity contribution in [3.63, 3.8) is 0 Å². The fourth-order valence-corrected chi connectivity index (χ4v) is 4.75. The van der Waals surface area contributed by atoms with Crippen LogP contribution in [0.5, 0.6) is 0 Å². The number of fused-ring (bicyclic) bond motifs is 1. The van der Waals surface area contributed by atoms with Crippen molar-refractivity contribution in [3.05, 3.63) is 53.2 Å². The number of hydrogen-bond donors (Lipinski definition) is 0. The first-order valence-corrected chi connectivity index (χ1v) is 9.87. The molecule has 0 aromatic carbocycles. The summed E-state index contributed by atoms with van der Waals surface area (Å²) < 4.78 is 34.5. The fourth-order valence-electron chi connectivity index (χ4n) is 3.02. The first kappa shape index (κ1) is 16.6. The zero-order chi connectivity index (χ0) is 17.8. The average molecular weight is 380 g/mol. The molecule has 0 spiro atoms. The maximum Gasteiger partial charge on any atom is 0.262 e. The standard InChI is InChI=1S/C17H18ClN3O3S/c1-11-9-13(11)14-7-6-12(24-14)10-20(2)25(22,23)17-16(18)19-15-5-3-4-8-21(15)17/h3-8,11,13H,9-10H2,1-2H3/t11-,13-/m0/s1. The number of pyridine rings is 1. The van der Waals surface area contributed by atoms with Crippen molar-refractivity contribution >= 4 is 27.3 Å². The molecule has 3 aromatic rings.